The molecule has 2 saturated heterocycles. The number of rotatable bonds is 5. The Morgan fingerprint density at radius 3 is 2.36 bits per heavy atom. The molecule has 6 rings (SSSR count). The van der Waals surface area contributed by atoms with Gasteiger partial charge in [-0.3, -0.25) is 4.98 Å². The lowest BCUT2D eigenvalue weighted by molar-refractivity contribution is 0.357. The Hall–Kier alpha value is -3.35. The second-order valence-corrected chi connectivity index (χ2v) is 13.2. The van der Waals surface area contributed by atoms with Gasteiger partial charge in [0.05, 0.1) is 28.5 Å². The fourth-order valence-electron chi connectivity index (χ4n) is 7.13. The molecule has 0 saturated carbocycles. The number of benzene rings is 2. The van der Waals surface area contributed by atoms with E-state index in [4.69, 9.17) is 28.8 Å². The van der Waals surface area contributed by atoms with E-state index < -0.39 is 0 Å². The number of hydrogen-bond donors (Lipinski definition) is 1. The second kappa shape index (κ2) is 11.4. The zero-order valence-corrected chi connectivity index (χ0v) is 26.9. The summed E-state index contributed by atoms with van der Waals surface area (Å²) in [5, 5.41) is 5.06. The van der Waals surface area contributed by atoms with Gasteiger partial charge in [0.15, 0.2) is 5.11 Å². The highest BCUT2D eigenvalue weighted by molar-refractivity contribution is 7.80. The minimum Gasteiger partial charge on any atom is -0.370 e. The van der Waals surface area contributed by atoms with Crippen LogP contribution in [-0.2, 0) is 0 Å². The minimum absolute atomic E-state index is 0.102. The summed E-state index contributed by atoms with van der Waals surface area (Å²) in [6, 6.07) is 21.3. The third-order valence-electron chi connectivity index (χ3n) is 8.91. The van der Waals surface area contributed by atoms with Gasteiger partial charge in [0.1, 0.15) is 0 Å². The van der Waals surface area contributed by atoms with Crippen molar-refractivity contribution in [1.82, 2.24) is 14.9 Å². The maximum atomic E-state index is 7.06. The fourth-order valence-corrected chi connectivity index (χ4v) is 7.77. The highest BCUT2D eigenvalue weighted by Crippen LogP contribution is 2.45. The maximum Gasteiger partial charge on any atom is 0.174 e. The summed E-state index contributed by atoms with van der Waals surface area (Å²) in [5.74, 6) is 1.30. The molecule has 0 bridgehead atoms. The molecule has 4 aromatic rings. The zero-order valence-electron chi connectivity index (χ0n) is 25.4. The standard InChI is InChI=1S/C35H40ClN5S/c1-21-10-11-24(4)32(16-21)40-25(5)17-28(26(40)6)34-33(30-9-7-8-14-37-30)38-35(42)41(34)27-12-13-31(29(36)18-27)39-19-22(2)15-23(3)20-39/h7-14,16-18,22-23,33-34H,15,19-20H2,1-6H3,(H,38,42)/t22-,23+,33-,34-/m1/s1. The van der Waals surface area contributed by atoms with Gasteiger partial charge in [-0.25, -0.2) is 0 Å². The smallest absolute Gasteiger partial charge is 0.174 e. The summed E-state index contributed by atoms with van der Waals surface area (Å²) in [7, 11) is 0. The molecular weight excluding hydrogens is 558 g/mol. The van der Waals surface area contributed by atoms with Gasteiger partial charge >= 0.3 is 0 Å². The summed E-state index contributed by atoms with van der Waals surface area (Å²) < 4.78 is 2.38. The topological polar surface area (TPSA) is 36.3 Å². The molecule has 4 heterocycles. The Morgan fingerprint density at radius 2 is 1.67 bits per heavy atom. The first-order valence-corrected chi connectivity index (χ1v) is 15.7. The summed E-state index contributed by atoms with van der Waals surface area (Å²) >= 11 is 13.1. The van der Waals surface area contributed by atoms with Crippen molar-refractivity contribution in [1.29, 1.82) is 0 Å². The predicted octanol–water partition coefficient (Wildman–Crippen LogP) is 8.42. The van der Waals surface area contributed by atoms with Crippen molar-refractivity contribution in [3.8, 4) is 5.69 Å². The van der Waals surface area contributed by atoms with Crippen LogP contribution in [0, 0.1) is 39.5 Å². The van der Waals surface area contributed by atoms with Gasteiger partial charge in [0.2, 0.25) is 0 Å². The molecule has 0 spiro atoms. The van der Waals surface area contributed by atoms with Crippen LogP contribution in [0.1, 0.15) is 66.1 Å². The van der Waals surface area contributed by atoms with Gasteiger partial charge in [0, 0.05) is 42.0 Å². The molecule has 0 radical (unpaired) electrons. The number of piperidine rings is 1. The molecule has 218 valence electrons. The Morgan fingerprint density at radius 1 is 0.905 bits per heavy atom. The number of halogens is 1. The molecule has 2 aliphatic heterocycles. The van der Waals surface area contributed by atoms with Crippen molar-refractivity contribution in [2.24, 2.45) is 11.8 Å². The molecule has 0 unspecified atom stereocenters. The molecule has 2 aromatic heterocycles. The van der Waals surface area contributed by atoms with E-state index in [9.17, 15) is 0 Å². The quantitative estimate of drug-likeness (QED) is 0.234. The van der Waals surface area contributed by atoms with Gasteiger partial charge < -0.3 is 19.7 Å². The van der Waals surface area contributed by atoms with E-state index in [0.29, 0.717) is 16.9 Å². The zero-order chi connectivity index (χ0) is 29.7. The average Bonchev–Trinajstić information content (AvgIpc) is 3.44. The van der Waals surface area contributed by atoms with Gasteiger partial charge in [0.25, 0.3) is 0 Å². The number of hydrogen-bond acceptors (Lipinski definition) is 3. The molecule has 42 heavy (non-hydrogen) atoms. The molecule has 5 nitrogen and oxygen atoms in total. The van der Waals surface area contributed by atoms with E-state index in [1.807, 2.05) is 18.3 Å². The Bertz CT molecular complexity index is 1620. The fraction of sp³-hybridized carbons (Fsp3) is 0.371. The van der Waals surface area contributed by atoms with Crippen LogP contribution in [0.3, 0.4) is 0 Å². The van der Waals surface area contributed by atoms with Crippen molar-refractivity contribution in [2.45, 2.75) is 60.0 Å². The van der Waals surface area contributed by atoms with E-state index in [-0.39, 0.29) is 12.1 Å². The third-order valence-corrected chi connectivity index (χ3v) is 9.53. The van der Waals surface area contributed by atoms with E-state index in [1.54, 1.807) is 0 Å². The maximum absolute atomic E-state index is 7.06. The van der Waals surface area contributed by atoms with Crippen molar-refractivity contribution in [3.63, 3.8) is 0 Å². The van der Waals surface area contributed by atoms with Crippen LogP contribution < -0.4 is 15.1 Å². The molecule has 1 N–H and O–H groups in total. The SMILES string of the molecule is Cc1ccc(C)c(-n2c(C)cc([C@@H]3[C@@H](c4ccccn4)NC(=S)N3c3ccc(N4C[C@H](C)C[C@H](C)C4)c(Cl)c3)c2C)c1. The Labute approximate surface area is 260 Å². The highest BCUT2D eigenvalue weighted by Gasteiger charge is 2.42. The number of pyridine rings is 1. The summed E-state index contributed by atoms with van der Waals surface area (Å²) in [4.78, 5) is 9.44. The van der Waals surface area contributed by atoms with Crippen molar-refractivity contribution in [2.75, 3.05) is 22.9 Å². The van der Waals surface area contributed by atoms with Crippen LogP contribution in [0.25, 0.3) is 5.69 Å². The van der Waals surface area contributed by atoms with Crippen LogP contribution in [-0.4, -0.2) is 27.8 Å². The van der Waals surface area contributed by atoms with Crippen LogP contribution in [0.15, 0.2) is 66.9 Å². The van der Waals surface area contributed by atoms with Gasteiger partial charge in [-0.1, -0.05) is 43.6 Å². The van der Waals surface area contributed by atoms with Crippen LogP contribution in [0.2, 0.25) is 5.02 Å². The summed E-state index contributed by atoms with van der Waals surface area (Å²) in [6.07, 6.45) is 3.11. The molecule has 7 heteroatoms. The molecule has 2 fully saturated rings. The number of anilines is 2. The number of thiocarbonyl (C=S) groups is 1. The predicted molar refractivity (Wildman–Crippen MR) is 179 cm³/mol. The lowest BCUT2D eigenvalue weighted by Gasteiger charge is -2.37. The van der Waals surface area contributed by atoms with Crippen LogP contribution >= 0.6 is 23.8 Å². The molecule has 2 aromatic carbocycles. The molecular formula is C35H40ClN5S. The number of nitrogens with zero attached hydrogens (tertiary/aromatic N) is 4. The van der Waals surface area contributed by atoms with Crippen LogP contribution in [0.4, 0.5) is 11.4 Å². The average molecular weight is 598 g/mol. The van der Waals surface area contributed by atoms with Gasteiger partial charge in [-0.2, -0.15) is 0 Å². The molecule has 4 atom stereocenters. The van der Waals surface area contributed by atoms with Gasteiger partial charge in [-0.15, -0.1) is 0 Å². The Balaban J connectivity index is 1.45. The highest BCUT2D eigenvalue weighted by atomic mass is 35.5. The van der Waals surface area contributed by atoms with E-state index in [1.165, 1.54) is 40.2 Å². The first-order valence-electron chi connectivity index (χ1n) is 14.9. The largest absolute Gasteiger partial charge is 0.370 e. The van der Waals surface area contributed by atoms with E-state index >= 15 is 0 Å². The molecule has 2 aliphatic rings. The Kier molecular flexibility index (Phi) is 7.79. The van der Waals surface area contributed by atoms with Crippen molar-refractivity contribution in [3.05, 3.63) is 106 Å². The van der Waals surface area contributed by atoms with Crippen LogP contribution in [0.5, 0.6) is 0 Å². The first-order chi connectivity index (χ1) is 20.1. The van der Waals surface area contributed by atoms with E-state index in [0.717, 1.165) is 35.2 Å². The summed E-state index contributed by atoms with van der Waals surface area (Å²) in [5.41, 5.74) is 10.4. The van der Waals surface area contributed by atoms with Gasteiger partial charge in [-0.05, 0) is 117 Å². The normalized spacial score (nSPS) is 22.5. The van der Waals surface area contributed by atoms with E-state index in [2.05, 4.69) is 110 Å². The number of aryl methyl sites for hydroxylation is 3. The number of aromatic nitrogens is 2. The first kappa shape index (κ1) is 28.8. The molecule has 0 aliphatic carbocycles. The monoisotopic (exact) mass is 597 g/mol. The minimum atomic E-state index is -0.117. The van der Waals surface area contributed by atoms with Crippen molar-refractivity contribution >= 4 is 40.3 Å². The van der Waals surface area contributed by atoms with Crippen molar-refractivity contribution < 1.29 is 0 Å². The number of nitrogens with one attached hydrogen (secondary N) is 1. The third kappa shape index (κ3) is 5.20. The lowest BCUT2D eigenvalue weighted by Crippen LogP contribution is -2.38. The summed E-state index contributed by atoms with van der Waals surface area (Å²) in [6.45, 7) is 15.4. The molecule has 0 amide bonds. The second-order valence-electron chi connectivity index (χ2n) is 12.4. The lowest BCUT2D eigenvalue weighted by atomic mass is 9.91.